The lowest BCUT2D eigenvalue weighted by Crippen LogP contribution is -2.12. The molecule has 0 aromatic heterocycles. The fraction of sp³-hybridized carbons (Fsp3) is 0.324. The Morgan fingerprint density at radius 1 is 0.667 bits per heavy atom. The molecule has 14 heteroatoms. The van der Waals surface area contributed by atoms with Crippen molar-refractivity contribution in [2.45, 2.75) is 39.2 Å². The molecule has 0 spiro atoms. The highest BCUT2D eigenvalue weighted by Gasteiger charge is 2.12. The molecule has 274 valence electrons. The molecule has 0 heterocycles. The molecule has 0 aliphatic heterocycles. The Kier molecular flexibility index (Phi) is 18.9. The van der Waals surface area contributed by atoms with Gasteiger partial charge >= 0.3 is 18.1 Å². The lowest BCUT2D eigenvalue weighted by molar-refractivity contribution is -0.323. The Bertz CT molecular complexity index is 1500. The third-order valence-corrected chi connectivity index (χ3v) is 6.45. The van der Waals surface area contributed by atoms with E-state index in [4.69, 9.17) is 53.0 Å². The standard InChI is InChI=1S/C37H42O14/c1-4-20-44-45-23-9-7-22-42-37(40)50-32-14-10-29(11-15-32)26-47-51-34-19-18-33(25-28(34)3)49-36(39)30-12-16-31(17-13-30)43-27-48-46-24-8-6-21-41-35(38)5-2/h4-5,10-19,25H,1-2,6-9,20-24,26-27H2,3H3. The van der Waals surface area contributed by atoms with Crippen molar-refractivity contribution in [1.29, 1.82) is 0 Å². The predicted octanol–water partition coefficient (Wildman–Crippen LogP) is 6.95. The summed E-state index contributed by atoms with van der Waals surface area (Å²) in [4.78, 5) is 66.0. The van der Waals surface area contributed by atoms with Crippen molar-refractivity contribution in [3.05, 3.63) is 109 Å². The molecule has 0 aliphatic rings. The number of carbonyl (C=O) groups excluding carboxylic acids is 3. The quantitative estimate of drug-likeness (QED) is 0.0103. The molecule has 0 atom stereocenters. The van der Waals surface area contributed by atoms with E-state index in [1.807, 2.05) is 0 Å². The number of unbranched alkanes of at least 4 members (excludes halogenated alkanes) is 2. The van der Waals surface area contributed by atoms with Crippen LogP contribution < -0.4 is 19.1 Å². The second-order valence-electron chi connectivity index (χ2n) is 10.4. The van der Waals surface area contributed by atoms with Gasteiger partial charge in [-0.2, -0.15) is 9.78 Å². The molecule has 0 saturated carbocycles. The van der Waals surface area contributed by atoms with Crippen LogP contribution in [0.5, 0.6) is 23.0 Å². The highest BCUT2D eigenvalue weighted by Crippen LogP contribution is 2.25. The van der Waals surface area contributed by atoms with Gasteiger partial charge in [0, 0.05) is 6.08 Å². The molecular weight excluding hydrogens is 668 g/mol. The largest absolute Gasteiger partial charge is 0.513 e. The molecule has 0 fully saturated rings. The molecule has 0 unspecified atom stereocenters. The SMILES string of the molecule is C=CCOOCCCCOC(=O)Oc1ccc(COOc2ccc(OC(=O)c3ccc(OCOOCCCCOC(=O)C=C)cc3)cc2C)cc1. The summed E-state index contributed by atoms with van der Waals surface area (Å²) in [6.07, 6.45) is 4.39. The van der Waals surface area contributed by atoms with Crippen LogP contribution in [0.2, 0.25) is 0 Å². The third kappa shape index (κ3) is 16.8. The van der Waals surface area contributed by atoms with E-state index in [0.717, 1.165) is 11.6 Å². The average Bonchev–Trinajstić information content (AvgIpc) is 3.13. The molecule has 0 aliphatic carbocycles. The van der Waals surface area contributed by atoms with Crippen LogP contribution in [-0.2, 0) is 45.3 Å². The summed E-state index contributed by atoms with van der Waals surface area (Å²) in [5.74, 6) is 0.536. The van der Waals surface area contributed by atoms with Crippen LogP contribution in [0.4, 0.5) is 4.79 Å². The fourth-order valence-corrected chi connectivity index (χ4v) is 3.83. The van der Waals surface area contributed by atoms with Crippen LogP contribution in [0.15, 0.2) is 92.0 Å². The second-order valence-corrected chi connectivity index (χ2v) is 10.4. The van der Waals surface area contributed by atoms with E-state index in [1.54, 1.807) is 79.7 Å². The van der Waals surface area contributed by atoms with Crippen molar-refractivity contribution in [3.8, 4) is 23.0 Å². The number of ether oxygens (including phenoxy) is 5. The maximum Gasteiger partial charge on any atom is 0.513 e. The number of rotatable bonds is 25. The van der Waals surface area contributed by atoms with Gasteiger partial charge in [0.2, 0.25) is 6.79 Å². The molecule has 3 aromatic rings. The summed E-state index contributed by atoms with van der Waals surface area (Å²) >= 11 is 0. The molecule has 3 aromatic carbocycles. The van der Waals surface area contributed by atoms with Gasteiger partial charge in [-0.15, -0.1) is 6.58 Å². The topological polar surface area (TPSA) is 153 Å². The minimum Gasteiger partial charge on any atom is -0.465 e. The lowest BCUT2D eigenvalue weighted by Gasteiger charge is -2.11. The minimum atomic E-state index is -0.802. The number of carbonyl (C=O) groups is 3. The summed E-state index contributed by atoms with van der Waals surface area (Å²) in [5.41, 5.74) is 1.77. The van der Waals surface area contributed by atoms with Gasteiger partial charge in [-0.1, -0.05) is 24.8 Å². The number of hydrogen-bond acceptors (Lipinski definition) is 14. The van der Waals surface area contributed by atoms with Gasteiger partial charge in [0.1, 0.15) is 30.5 Å². The van der Waals surface area contributed by atoms with Crippen molar-refractivity contribution >= 4 is 18.1 Å². The highest BCUT2D eigenvalue weighted by atomic mass is 17.2. The normalized spacial score (nSPS) is 10.5. The first-order chi connectivity index (χ1) is 24.9. The van der Waals surface area contributed by atoms with Gasteiger partial charge in [0.15, 0.2) is 5.75 Å². The van der Waals surface area contributed by atoms with Gasteiger partial charge in [-0.3, -0.25) is 0 Å². The minimum absolute atomic E-state index is 0.120. The molecule has 14 nitrogen and oxygen atoms in total. The molecule has 0 radical (unpaired) electrons. The van der Waals surface area contributed by atoms with Crippen LogP contribution in [0.25, 0.3) is 0 Å². The zero-order chi connectivity index (χ0) is 36.5. The van der Waals surface area contributed by atoms with Crippen molar-refractivity contribution in [1.82, 2.24) is 0 Å². The highest BCUT2D eigenvalue weighted by molar-refractivity contribution is 5.91. The smallest absolute Gasteiger partial charge is 0.465 e. The van der Waals surface area contributed by atoms with E-state index in [9.17, 15) is 14.4 Å². The summed E-state index contributed by atoms with van der Waals surface area (Å²) in [7, 11) is 0. The Morgan fingerprint density at radius 3 is 2.00 bits per heavy atom. The van der Waals surface area contributed by atoms with Crippen molar-refractivity contribution in [3.63, 3.8) is 0 Å². The number of aryl methyl sites for hydroxylation is 1. The molecule has 51 heavy (non-hydrogen) atoms. The van der Waals surface area contributed by atoms with Gasteiger partial charge in [0.25, 0.3) is 0 Å². The Balaban J connectivity index is 1.29. The lowest BCUT2D eigenvalue weighted by atomic mass is 10.2. The molecule has 0 amide bonds. The van der Waals surface area contributed by atoms with E-state index >= 15 is 0 Å². The van der Waals surface area contributed by atoms with E-state index in [-0.39, 0.29) is 26.6 Å². The first-order valence-electron chi connectivity index (χ1n) is 16.1. The van der Waals surface area contributed by atoms with Crippen LogP contribution in [0, 0.1) is 6.92 Å². The van der Waals surface area contributed by atoms with Crippen molar-refractivity contribution in [2.75, 3.05) is 39.8 Å². The molecule has 3 rings (SSSR count). The van der Waals surface area contributed by atoms with Crippen LogP contribution in [0.1, 0.15) is 47.2 Å². The molecule has 0 N–H and O–H groups in total. The van der Waals surface area contributed by atoms with Crippen LogP contribution in [-0.4, -0.2) is 57.9 Å². The fourth-order valence-electron chi connectivity index (χ4n) is 3.83. The zero-order valence-corrected chi connectivity index (χ0v) is 28.4. The Hall–Kier alpha value is -5.25. The second kappa shape index (κ2) is 24.0. The summed E-state index contributed by atoms with van der Waals surface area (Å²) < 4.78 is 26.0. The number of hydrogen-bond donors (Lipinski definition) is 0. The maximum absolute atomic E-state index is 12.7. The Labute approximate surface area is 296 Å². The van der Waals surface area contributed by atoms with Crippen LogP contribution >= 0.6 is 0 Å². The number of esters is 2. The average molecular weight is 711 g/mol. The van der Waals surface area contributed by atoms with Gasteiger partial charge < -0.3 is 28.6 Å². The van der Waals surface area contributed by atoms with Crippen molar-refractivity contribution < 1.29 is 67.4 Å². The first kappa shape index (κ1) is 40.2. The molecule has 0 bridgehead atoms. The first-order valence-corrected chi connectivity index (χ1v) is 16.1. The van der Waals surface area contributed by atoms with Crippen molar-refractivity contribution in [2.24, 2.45) is 0 Å². The van der Waals surface area contributed by atoms with E-state index in [1.165, 1.54) is 0 Å². The van der Waals surface area contributed by atoms with Gasteiger partial charge in [-0.05, 0) is 98.3 Å². The molecular formula is C37H42O14. The predicted molar refractivity (Wildman–Crippen MR) is 181 cm³/mol. The summed E-state index contributed by atoms with van der Waals surface area (Å²) in [6, 6.07) is 17.9. The number of benzene rings is 3. The summed E-state index contributed by atoms with van der Waals surface area (Å²) in [5, 5.41) is 0. The maximum atomic E-state index is 12.7. The molecule has 0 saturated heterocycles. The monoisotopic (exact) mass is 710 g/mol. The third-order valence-electron chi connectivity index (χ3n) is 6.45. The van der Waals surface area contributed by atoms with E-state index < -0.39 is 18.1 Å². The van der Waals surface area contributed by atoms with Crippen LogP contribution in [0.3, 0.4) is 0 Å². The Morgan fingerprint density at radius 2 is 1.31 bits per heavy atom. The van der Waals surface area contributed by atoms with E-state index in [0.29, 0.717) is 79.6 Å². The van der Waals surface area contributed by atoms with Gasteiger partial charge in [-0.25, -0.2) is 29.0 Å². The van der Waals surface area contributed by atoms with E-state index in [2.05, 4.69) is 13.2 Å². The zero-order valence-electron chi connectivity index (χ0n) is 28.4. The summed E-state index contributed by atoms with van der Waals surface area (Å²) in [6.45, 7) is 10.1. The van der Waals surface area contributed by atoms with Gasteiger partial charge in [0.05, 0.1) is 32.0 Å².